The average molecular weight is 251 g/mol. The zero-order valence-electron chi connectivity index (χ0n) is 7.92. The number of hydrogen-bond acceptors (Lipinski definition) is 1. The summed E-state index contributed by atoms with van der Waals surface area (Å²) in [6.07, 6.45) is 2.81. The molecule has 2 aromatic rings. The number of halogens is 1. The molecule has 0 saturated carbocycles. The van der Waals surface area contributed by atoms with E-state index in [1.54, 1.807) is 0 Å². The summed E-state index contributed by atoms with van der Waals surface area (Å²) in [6, 6.07) is 8.18. The normalized spacial score (nSPS) is 10.4. The number of aromatic nitrogens is 2. The molecule has 1 aromatic heterocycles. The first kappa shape index (κ1) is 9.46. The maximum Gasteiger partial charge on any atom is 0.106 e. The largest absolute Gasteiger partial charge is 0.342 e. The molecule has 0 fully saturated rings. The van der Waals surface area contributed by atoms with Gasteiger partial charge in [-0.15, -0.1) is 0 Å². The summed E-state index contributed by atoms with van der Waals surface area (Å²) in [7, 11) is 0. The minimum Gasteiger partial charge on any atom is -0.342 e. The first-order chi connectivity index (χ1) is 6.79. The van der Waals surface area contributed by atoms with E-state index in [9.17, 15) is 0 Å². The smallest absolute Gasteiger partial charge is 0.106 e. The zero-order chi connectivity index (χ0) is 9.97. The number of rotatable bonds is 2. The van der Waals surface area contributed by atoms with Gasteiger partial charge >= 0.3 is 0 Å². The molecule has 0 saturated heterocycles. The summed E-state index contributed by atoms with van der Waals surface area (Å²) in [4.78, 5) is 7.54. The van der Waals surface area contributed by atoms with Crippen LogP contribution in [-0.4, -0.2) is 9.97 Å². The number of aromatic amines is 1. The van der Waals surface area contributed by atoms with Crippen molar-refractivity contribution in [1.82, 2.24) is 9.97 Å². The van der Waals surface area contributed by atoms with Crippen molar-refractivity contribution in [3.8, 4) is 11.3 Å². The van der Waals surface area contributed by atoms with Gasteiger partial charge in [0.25, 0.3) is 0 Å². The molecule has 1 heterocycles. The Balaban J connectivity index is 2.39. The van der Waals surface area contributed by atoms with Gasteiger partial charge in [0.05, 0.1) is 11.9 Å². The van der Waals surface area contributed by atoms with Crippen LogP contribution in [0.5, 0.6) is 0 Å². The Morgan fingerprint density at radius 3 is 2.93 bits per heavy atom. The second kappa shape index (κ2) is 3.96. The van der Waals surface area contributed by atoms with Crippen LogP contribution in [0.1, 0.15) is 12.7 Å². The molecule has 0 bridgehead atoms. The Bertz CT molecular complexity index is 434. The third-order valence-corrected chi connectivity index (χ3v) is 2.59. The van der Waals surface area contributed by atoms with E-state index in [1.807, 2.05) is 18.3 Å². The SMILES string of the molecule is CCc1ncc(-c2cccc(Br)c2)[nH]1. The highest BCUT2D eigenvalue weighted by Crippen LogP contribution is 2.21. The van der Waals surface area contributed by atoms with Gasteiger partial charge in [-0.25, -0.2) is 4.98 Å². The van der Waals surface area contributed by atoms with Gasteiger partial charge in [-0.2, -0.15) is 0 Å². The Morgan fingerprint density at radius 2 is 2.29 bits per heavy atom. The molecule has 2 rings (SSSR count). The molecule has 0 radical (unpaired) electrons. The van der Waals surface area contributed by atoms with Crippen molar-refractivity contribution >= 4 is 15.9 Å². The van der Waals surface area contributed by atoms with E-state index in [0.29, 0.717) is 0 Å². The standard InChI is InChI=1S/C11H11BrN2/c1-2-11-13-7-10(14-11)8-4-3-5-9(12)6-8/h3-7H,2H2,1H3,(H,13,14). The van der Waals surface area contributed by atoms with Gasteiger partial charge in [-0.05, 0) is 12.1 Å². The first-order valence-electron chi connectivity index (χ1n) is 4.59. The lowest BCUT2D eigenvalue weighted by molar-refractivity contribution is 0.991. The van der Waals surface area contributed by atoms with Gasteiger partial charge in [0.2, 0.25) is 0 Å². The van der Waals surface area contributed by atoms with Crippen LogP contribution in [0.2, 0.25) is 0 Å². The average Bonchev–Trinajstić information content (AvgIpc) is 2.66. The zero-order valence-corrected chi connectivity index (χ0v) is 9.51. The lowest BCUT2D eigenvalue weighted by Crippen LogP contribution is -1.82. The fourth-order valence-corrected chi connectivity index (χ4v) is 1.74. The van der Waals surface area contributed by atoms with Crippen LogP contribution in [0.15, 0.2) is 34.9 Å². The van der Waals surface area contributed by atoms with E-state index in [-0.39, 0.29) is 0 Å². The molecule has 3 heteroatoms. The number of H-pyrrole nitrogens is 1. The molecule has 1 aromatic carbocycles. The highest BCUT2D eigenvalue weighted by Gasteiger charge is 2.01. The molecular formula is C11H11BrN2. The van der Waals surface area contributed by atoms with E-state index in [0.717, 1.165) is 28.0 Å². The molecule has 0 aliphatic rings. The molecule has 0 aliphatic heterocycles. The van der Waals surface area contributed by atoms with Crippen LogP contribution in [-0.2, 0) is 6.42 Å². The van der Waals surface area contributed by atoms with Gasteiger partial charge in [-0.3, -0.25) is 0 Å². The molecule has 2 nitrogen and oxygen atoms in total. The van der Waals surface area contributed by atoms with Crippen molar-refractivity contribution in [1.29, 1.82) is 0 Å². The van der Waals surface area contributed by atoms with Gasteiger partial charge in [0.1, 0.15) is 5.82 Å². The fourth-order valence-electron chi connectivity index (χ4n) is 1.34. The molecule has 0 amide bonds. The highest BCUT2D eigenvalue weighted by molar-refractivity contribution is 9.10. The van der Waals surface area contributed by atoms with Crippen LogP contribution >= 0.6 is 15.9 Å². The Labute approximate surface area is 91.5 Å². The van der Waals surface area contributed by atoms with Crippen molar-refractivity contribution in [2.45, 2.75) is 13.3 Å². The van der Waals surface area contributed by atoms with Crippen molar-refractivity contribution in [2.75, 3.05) is 0 Å². The lowest BCUT2D eigenvalue weighted by atomic mass is 10.2. The fraction of sp³-hybridized carbons (Fsp3) is 0.182. The van der Waals surface area contributed by atoms with E-state index in [4.69, 9.17) is 0 Å². The molecule has 14 heavy (non-hydrogen) atoms. The first-order valence-corrected chi connectivity index (χ1v) is 5.38. The second-order valence-corrected chi connectivity index (χ2v) is 4.02. The molecule has 72 valence electrons. The van der Waals surface area contributed by atoms with Crippen LogP contribution in [0.4, 0.5) is 0 Å². The quantitative estimate of drug-likeness (QED) is 0.870. The van der Waals surface area contributed by atoms with Crippen LogP contribution in [0.25, 0.3) is 11.3 Å². The number of nitrogens with one attached hydrogen (secondary N) is 1. The number of benzene rings is 1. The molecule has 0 unspecified atom stereocenters. The van der Waals surface area contributed by atoms with Crippen molar-refractivity contribution in [2.24, 2.45) is 0 Å². The van der Waals surface area contributed by atoms with Crippen molar-refractivity contribution < 1.29 is 0 Å². The number of nitrogens with zero attached hydrogens (tertiary/aromatic N) is 1. The number of imidazole rings is 1. The summed E-state index contributed by atoms with van der Waals surface area (Å²) >= 11 is 3.45. The summed E-state index contributed by atoms with van der Waals surface area (Å²) in [5.74, 6) is 1.03. The minimum atomic E-state index is 0.938. The van der Waals surface area contributed by atoms with Crippen molar-refractivity contribution in [3.05, 3.63) is 40.8 Å². The Kier molecular flexibility index (Phi) is 2.68. The molecular weight excluding hydrogens is 240 g/mol. The molecule has 0 atom stereocenters. The van der Waals surface area contributed by atoms with Gasteiger partial charge in [-0.1, -0.05) is 35.0 Å². The number of aryl methyl sites for hydroxylation is 1. The minimum absolute atomic E-state index is 0.938. The molecule has 0 spiro atoms. The monoisotopic (exact) mass is 250 g/mol. The van der Waals surface area contributed by atoms with E-state index >= 15 is 0 Å². The lowest BCUT2D eigenvalue weighted by Gasteiger charge is -1.97. The number of hydrogen-bond donors (Lipinski definition) is 1. The Morgan fingerprint density at radius 1 is 1.43 bits per heavy atom. The maximum absolute atomic E-state index is 4.27. The predicted molar refractivity (Wildman–Crippen MR) is 61.1 cm³/mol. The van der Waals surface area contributed by atoms with Gasteiger partial charge in [0, 0.05) is 16.5 Å². The van der Waals surface area contributed by atoms with Crippen LogP contribution in [0.3, 0.4) is 0 Å². The van der Waals surface area contributed by atoms with Crippen molar-refractivity contribution in [3.63, 3.8) is 0 Å². The van der Waals surface area contributed by atoms with E-state index in [2.05, 4.69) is 45.0 Å². The maximum atomic E-state index is 4.27. The molecule has 1 N–H and O–H groups in total. The summed E-state index contributed by atoms with van der Waals surface area (Å²) in [6.45, 7) is 2.09. The highest BCUT2D eigenvalue weighted by atomic mass is 79.9. The van der Waals surface area contributed by atoms with E-state index in [1.165, 1.54) is 0 Å². The van der Waals surface area contributed by atoms with Gasteiger partial charge in [0.15, 0.2) is 0 Å². The summed E-state index contributed by atoms with van der Waals surface area (Å²) < 4.78 is 1.09. The third kappa shape index (κ3) is 1.87. The van der Waals surface area contributed by atoms with Crippen LogP contribution in [0, 0.1) is 0 Å². The van der Waals surface area contributed by atoms with E-state index < -0.39 is 0 Å². The van der Waals surface area contributed by atoms with Crippen LogP contribution < -0.4 is 0 Å². The molecule has 0 aliphatic carbocycles. The topological polar surface area (TPSA) is 28.7 Å². The Hall–Kier alpha value is -1.09. The second-order valence-electron chi connectivity index (χ2n) is 3.11. The van der Waals surface area contributed by atoms with Gasteiger partial charge < -0.3 is 4.98 Å². The summed E-state index contributed by atoms with van der Waals surface area (Å²) in [5, 5.41) is 0. The third-order valence-electron chi connectivity index (χ3n) is 2.10. The summed E-state index contributed by atoms with van der Waals surface area (Å²) in [5.41, 5.74) is 2.23. The predicted octanol–water partition coefficient (Wildman–Crippen LogP) is 3.40.